The molecule has 0 saturated carbocycles. The van der Waals surface area contributed by atoms with E-state index in [9.17, 15) is 4.79 Å². The van der Waals surface area contributed by atoms with E-state index < -0.39 is 0 Å². The number of benzene rings is 2. The van der Waals surface area contributed by atoms with Crippen molar-refractivity contribution >= 4 is 40.5 Å². The van der Waals surface area contributed by atoms with Gasteiger partial charge in [-0.05, 0) is 43.3 Å². The van der Waals surface area contributed by atoms with Crippen LogP contribution in [0.4, 0.5) is 11.4 Å². The number of carbonyl (C=O) groups excluding carboxylic acids is 1. The fraction of sp³-hybridized carbons (Fsp3) is 0.316. The van der Waals surface area contributed by atoms with Crippen molar-refractivity contribution in [2.75, 3.05) is 36.4 Å². The summed E-state index contributed by atoms with van der Waals surface area (Å²) in [5, 5.41) is 4.37. The van der Waals surface area contributed by atoms with Crippen LogP contribution in [0.2, 0.25) is 10.0 Å². The van der Waals surface area contributed by atoms with Gasteiger partial charge in [0, 0.05) is 36.9 Å². The summed E-state index contributed by atoms with van der Waals surface area (Å²) in [4.78, 5) is 16.9. The zero-order valence-corrected chi connectivity index (χ0v) is 15.6. The molecule has 4 nitrogen and oxygen atoms in total. The maximum Gasteiger partial charge on any atom is 0.241 e. The Kier molecular flexibility index (Phi) is 5.84. The molecule has 1 saturated heterocycles. The topological polar surface area (TPSA) is 35.6 Å². The number of nitrogens with one attached hydrogen (secondary N) is 1. The summed E-state index contributed by atoms with van der Waals surface area (Å²) in [6.07, 6.45) is 0. The highest BCUT2D eigenvalue weighted by molar-refractivity contribution is 6.33. The standard InChI is InChI=1S/C19H21Cl2N3O/c1-14(19(25)22-16-8-6-15(20)7-9-16)23-10-12-24(13-11-23)18-5-3-2-4-17(18)21/h2-9,14H,10-13H2,1H3,(H,22,25). The van der Waals surface area contributed by atoms with Gasteiger partial charge in [-0.3, -0.25) is 9.69 Å². The first-order chi connectivity index (χ1) is 12.0. The summed E-state index contributed by atoms with van der Waals surface area (Å²) in [7, 11) is 0. The third-order valence-electron chi connectivity index (χ3n) is 4.55. The van der Waals surface area contributed by atoms with E-state index in [1.807, 2.05) is 43.3 Å². The number of amides is 1. The molecule has 6 heteroatoms. The molecule has 0 radical (unpaired) electrons. The second kappa shape index (κ2) is 8.09. The van der Waals surface area contributed by atoms with E-state index in [-0.39, 0.29) is 11.9 Å². The van der Waals surface area contributed by atoms with Crippen LogP contribution < -0.4 is 10.2 Å². The lowest BCUT2D eigenvalue weighted by Gasteiger charge is -2.38. The molecule has 1 aliphatic rings. The summed E-state index contributed by atoms with van der Waals surface area (Å²) < 4.78 is 0. The smallest absolute Gasteiger partial charge is 0.241 e. The predicted octanol–water partition coefficient (Wildman–Crippen LogP) is 4.14. The fourth-order valence-corrected chi connectivity index (χ4v) is 3.39. The van der Waals surface area contributed by atoms with Crippen molar-refractivity contribution in [3.05, 3.63) is 58.6 Å². The molecule has 1 aliphatic heterocycles. The average Bonchev–Trinajstić information content (AvgIpc) is 2.63. The first-order valence-corrected chi connectivity index (χ1v) is 9.10. The largest absolute Gasteiger partial charge is 0.368 e. The predicted molar refractivity (Wildman–Crippen MR) is 105 cm³/mol. The Labute approximate surface area is 158 Å². The average molecular weight is 378 g/mol. The monoisotopic (exact) mass is 377 g/mol. The number of rotatable bonds is 4. The third-order valence-corrected chi connectivity index (χ3v) is 5.12. The Hall–Kier alpha value is -1.75. The summed E-state index contributed by atoms with van der Waals surface area (Å²) in [6, 6.07) is 14.8. The van der Waals surface area contributed by atoms with Gasteiger partial charge in [0.25, 0.3) is 0 Å². The van der Waals surface area contributed by atoms with Gasteiger partial charge in [0.2, 0.25) is 5.91 Å². The van der Waals surface area contributed by atoms with Crippen LogP contribution >= 0.6 is 23.2 Å². The molecule has 1 fully saturated rings. The van der Waals surface area contributed by atoms with Gasteiger partial charge in [0.05, 0.1) is 16.8 Å². The first kappa shape index (κ1) is 18.1. The Morgan fingerprint density at radius 1 is 1.00 bits per heavy atom. The van der Waals surface area contributed by atoms with E-state index in [1.165, 1.54) is 0 Å². The minimum Gasteiger partial charge on any atom is -0.368 e. The van der Waals surface area contributed by atoms with Crippen molar-refractivity contribution in [1.82, 2.24) is 4.90 Å². The number of piperazine rings is 1. The molecule has 1 unspecified atom stereocenters. The number of para-hydroxylation sites is 1. The number of anilines is 2. The van der Waals surface area contributed by atoms with Gasteiger partial charge < -0.3 is 10.2 Å². The van der Waals surface area contributed by atoms with Gasteiger partial charge in [-0.15, -0.1) is 0 Å². The van der Waals surface area contributed by atoms with E-state index in [0.717, 1.165) is 42.6 Å². The maximum atomic E-state index is 12.5. The highest BCUT2D eigenvalue weighted by Gasteiger charge is 2.26. The molecule has 132 valence electrons. The number of hydrogen-bond acceptors (Lipinski definition) is 3. The Balaban J connectivity index is 1.56. The van der Waals surface area contributed by atoms with Crippen LogP contribution in [-0.2, 0) is 4.79 Å². The number of nitrogens with zero attached hydrogens (tertiary/aromatic N) is 2. The summed E-state index contributed by atoms with van der Waals surface area (Å²) >= 11 is 12.2. The quantitative estimate of drug-likeness (QED) is 0.869. The van der Waals surface area contributed by atoms with E-state index in [4.69, 9.17) is 23.2 Å². The van der Waals surface area contributed by atoms with Crippen LogP contribution in [0.25, 0.3) is 0 Å². The molecule has 1 amide bonds. The molecule has 25 heavy (non-hydrogen) atoms. The lowest BCUT2D eigenvalue weighted by Crippen LogP contribution is -2.52. The molecule has 1 atom stereocenters. The molecule has 2 aromatic carbocycles. The van der Waals surface area contributed by atoms with Crippen molar-refractivity contribution in [2.45, 2.75) is 13.0 Å². The van der Waals surface area contributed by atoms with Gasteiger partial charge in [0.15, 0.2) is 0 Å². The summed E-state index contributed by atoms with van der Waals surface area (Å²) in [6.45, 7) is 5.28. The molecule has 2 aromatic rings. The third kappa shape index (κ3) is 4.46. The molecule has 0 spiro atoms. The van der Waals surface area contributed by atoms with Crippen molar-refractivity contribution in [2.24, 2.45) is 0 Å². The van der Waals surface area contributed by atoms with Gasteiger partial charge in [-0.1, -0.05) is 35.3 Å². The Morgan fingerprint density at radius 3 is 2.28 bits per heavy atom. The second-order valence-electron chi connectivity index (χ2n) is 6.15. The van der Waals surface area contributed by atoms with Crippen LogP contribution in [0.5, 0.6) is 0 Å². The number of halogens is 2. The highest BCUT2D eigenvalue weighted by atomic mass is 35.5. The van der Waals surface area contributed by atoms with Crippen molar-refractivity contribution in [3.8, 4) is 0 Å². The van der Waals surface area contributed by atoms with Crippen LogP contribution in [0.3, 0.4) is 0 Å². The van der Waals surface area contributed by atoms with E-state index >= 15 is 0 Å². The van der Waals surface area contributed by atoms with Gasteiger partial charge in [-0.2, -0.15) is 0 Å². The summed E-state index contributed by atoms with van der Waals surface area (Å²) in [5.41, 5.74) is 1.82. The normalized spacial score (nSPS) is 16.5. The minimum absolute atomic E-state index is 0.00600. The Bertz CT molecular complexity index is 728. The number of carbonyl (C=O) groups is 1. The van der Waals surface area contributed by atoms with E-state index in [2.05, 4.69) is 15.1 Å². The highest BCUT2D eigenvalue weighted by Crippen LogP contribution is 2.26. The first-order valence-electron chi connectivity index (χ1n) is 8.34. The molecule has 3 rings (SSSR count). The van der Waals surface area contributed by atoms with Crippen molar-refractivity contribution in [1.29, 1.82) is 0 Å². The lowest BCUT2D eigenvalue weighted by molar-refractivity contribution is -0.120. The molecule has 1 N–H and O–H groups in total. The molecule has 0 aliphatic carbocycles. The minimum atomic E-state index is -0.191. The SMILES string of the molecule is CC(C(=O)Nc1ccc(Cl)cc1)N1CCN(c2ccccc2Cl)CC1. The molecule has 1 heterocycles. The van der Waals surface area contributed by atoms with Gasteiger partial charge in [0.1, 0.15) is 0 Å². The van der Waals surface area contributed by atoms with Crippen LogP contribution in [0.15, 0.2) is 48.5 Å². The molecular formula is C19H21Cl2N3O. The van der Waals surface area contributed by atoms with Crippen LogP contribution in [-0.4, -0.2) is 43.0 Å². The zero-order chi connectivity index (χ0) is 17.8. The van der Waals surface area contributed by atoms with Crippen molar-refractivity contribution in [3.63, 3.8) is 0 Å². The Morgan fingerprint density at radius 2 is 1.64 bits per heavy atom. The molecular weight excluding hydrogens is 357 g/mol. The number of hydrogen-bond donors (Lipinski definition) is 1. The molecule has 0 aromatic heterocycles. The van der Waals surface area contributed by atoms with Crippen LogP contribution in [0.1, 0.15) is 6.92 Å². The van der Waals surface area contributed by atoms with Crippen molar-refractivity contribution < 1.29 is 4.79 Å². The molecule has 0 bridgehead atoms. The summed E-state index contributed by atoms with van der Waals surface area (Å²) in [5.74, 6) is -0.00600. The zero-order valence-electron chi connectivity index (χ0n) is 14.1. The maximum absolute atomic E-state index is 12.5. The van der Waals surface area contributed by atoms with Gasteiger partial charge >= 0.3 is 0 Å². The van der Waals surface area contributed by atoms with E-state index in [0.29, 0.717) is 5.02 Å². The van der Waals surface area contributed by atoms with Gasteiger partial charge in [-0.25, -0.2) is 0 Å². The lowest BCUT2D eigenvalue weighted by atomic mass is 10.2. The second-order valence-corrected chi connectivity index (χ2v) is 6.99. The van der Waals surface area contributed by atoms with E-state index in [1.54, 1.807) is 12.1 Å². The fourth-order valence-electron chi connectivity index (χ4n) is 3.00. The van der Waals surface area contributed by atoms with Crippen LogP contribution in [0, 0.1) is 0 Å².